The molecule has 7 heteroatoms. The average Bonchev–Trinajstić information content (AvgIpc) is 3.27. The maximum absolute atomic E-state index is 13.2. The lowest BCUT2D eigenvalue weighted by atomic mass is 10.1. The van der Waals surface area contributed by atoms with Crippen molar-refractivity contribution in [2.45, 2.75) is 65.1 Å². The summed E-state index contributed by atoms with van der Waals surface area (Å²) in [5.74, 6) is 0.123. The summed E-state index contributed by atoms with van der Waals surface area (Å²) in [7, 11) is 0. The van der Waals surface area contributed by atoms with E-state index in [-0.39, 0.29) is 31.0 Å². The molecule has 0 aliphatic heterocycles. The van der Waals surface area contributed by atoms with Crippen LogP contribution >= 0.6 is 23.2 Å². The molecule has 172 valence electrons. The maximum Gasteiger partial charge on any atom is 0.261 e. The third-order valence-electron chi connectivity index (χ3n) is 5.94. The summed E-state index contributed by atoms with van der Waals surface area (Å²) < 4.78 is 5.78. The van der Waals surface area contributed by atoms with Gasteiger partial charge in [-0.3, -0.25) is 9.59 Å². The summed E-state index contributed by atoms with van der Waals surface area (Å²) in [6.07, 6.45) is 4.20. The lowest BCUT2D eigenvalue weighted by Crippen LogP contribution is -2.50. The Morgan fingerprint density at radius 2 is 1.75 bits per heavy atom. The van der Waals surface area contributed by atoms with Gasteiger partial charge in [0.05, 0.1) is 0 Å². The second-order valence-corrected chi connectivity index (χ2v) is 9.22. The number of ether oxygens (including phenoxy) is 1. The van der Waals surface area contributed by atoms with E-state index in [1.54, 1.807) is 25.1 Å². The highest BCUT2D eigenvalue weighted by Crippen LogP contribution is 2.26. The van der Waals surface area contributed by atoms with Crippen LogP contribution in [0.5, 0.6) is 5.75 Å². The van der Waals surface area contributed by atoms with Crippen molar-refractivity contribution in [1.29, 1.82) is 0 Å². The fourth-order valence-corrected chi connectivity index (χ4v) is 4.31. The monoisotopic (exact) mass is 476 g/mol. The van der Waals surface area contributed by atoms with Gasteiger partial charge in [-0.1, -0.05) is 54.2 Å². The van der Waals surface area contributed by atoms with Crippen LogP contribution in [0, 0.1) is 13.8 Å². The van der Waals surface area contributed by atoms with Crippen LogP contribution in [0.2, 0.25) is 10.0 Å². The molecule has 1 atom stereocenters. The minimum absolute atomic E-state index is 0.157. The van der Waals surface area contributed by atoms with Crippen molar-refractivity contribution in [3.8, 4) is 5.75 Å². The van der Waals surface area contributed by atoms with Gasteiger partial charge >= 0.3 is 0 Å². The minimum atomic E-state index is -0.656. The second kappa shape index (κ2) is 11.1. The van der Waals surface area contributed by atoms with Crippen molar-refractivity contribution >= 4 is 35.0 Å². The van der Waals surface area contributed by atoms with E-state index in [1.807, 2.05) is 32.0 Å². The second-order valence-electron chi connectivity index (χ2n) is 8.44. The molecule has 0 unspecified atom stereocenters. The zero-order valence-electron chi connectivity index (χ0n) is 18.8. The fraction of sp³-hybridized carbons (Fsp3) is 0.440. The fourth-order valence-electron chi connectivity index (χ4n) is 4.00. The molecule has 1 aliphatic rings. The number of amides is 2. The Morgan fingerprint density at radius 1 is 1.12 bits per heavy atom. The first kappa shape index (κ1) is 24.4. The van der Waals surface area contributed by atoms with E-state index in [0.717, 1.165) is 42.4 Å². The first-order valence-electron chi connectivity index (χ1n) is 11.0. The van der Waals surface area contributed by atoms with Gasteiger partial charge in [0.15, 0.2) is 6.61 Å². The third-order valence-corrected chi connectivity index (χ3v) is 6.90. The quantitative estimate of drug-likeness (QED) is 0.549. The molecule has 32 heavy (non-hydrogen) atoms. The molecule has 0 aromatic heterocycles. The van der Waals surface area contributed by atoms with Gasteiger partial charge in [0.1, 0.15) is 11.8 Å². The molecular weight excluding hydrogens is 447 g/mol. The number of halogens is 2. The summed E-state index contributed by atoms with van der Waals surface area (Å²) in [4.78, 5) is 27.7. The number of carbonyl (C=O) groups is 2. The SMILES string of the molecule is Cc1cc(OCC(=O)N(Cc2ccccc2Cl)[C@H](C)C(=O)NC2CCCC2)cc(C)c1Cl. The van der Waals surface area contributed by atoms with Gasteiger partial charge < -0.3 is 15.0 Å². The molecule has 0 bridgehead atoms. The van der Waals surface area contributed by atoms with E-state index in [1.165, 1.54) is 4.90 Å². The number of benzene rings is 2. The van der Waals surface area contributed by atoms with Crippen molar-refractivity contribution in [2.24, 2.45) is 0 Å². The summed E-state index contributed by atoms with van der Waals surface area (Å²) >= 11 is 12.6. The van der Waals surface area contributed by atoms with Crippen molar-refractivity contribution < 1.29 is 14.3 Å². The molecule has 1 saturated carbocycles. The summed E-state index contributed by atoms with van der Waals surface area (Å²) in [6.45, 7) is 5.56. The van der Waals surface area contributed by atoms with Gasteiger partial charge in [-0.15, -0.1) is 0 Å². The predicted molar refractivity (Wildman–Crippen MR) is 128 cm³/mol. The van der Waals surface area contributed by atoms with Gasteiger partial charge in [-0.2, -0.15) is 0 Å². The molecule has 5 nitrogen and oxygen atoms in total. The zero-order chi connectivity index (χ0) is 23.3. The Balaban J connectivity index is 1.75. The Bertz CT molecular complexity index is 950. The van der Waals surface area contributed by atoms with Crippen LogP contribution in [0.4, 0.5) is 0 Å². The van der Waals surface area contributed by atoms with Crippen LogP contribution in [0.1, 0.15) is 49.3 Å². The van der Waals surface area contributed by atoms with E-state index in [9.17, 15) is 9.59 Å². The summed E-state index contributed by atoms with van der Waals surface area (Å²) in [6, 6.07) is 10.5. The Hall–Kier alpha value is -2.24. The third kappa shape index (κ3) is 6.17. The Morgan fingerprint density at radius 3 is 2.38 bits per heavy atom. The van der Waals surface area contributed by atoms with E-state index in [2.05, 4.69) is 5.32 Å². The van der Waals surface area contributed by atoms with Crippen LogP contribution in [0.3, 0.4) is 0 Å². The molecule has 3 rings (SSSR count). The number of aryl methyl sites for hydroxylation is 2. The van der Waals surface area contributed by atoms with E-state index in [0.29, 0.717) is 15.8 Å². The zero-order valence-corrected chi connectivity index (χ0v) is 20.3. The number of nitrogens with zero attached hydrogens (tertiary/aromatic N) is 1. The van der Waals surface area contributed by atoms with Crippen LogP contribution < -0.4 is 10.1 Å². The normalized spacial score (nSPS) is 14.8. The largest absolute Gasteiger partial charge is 0.484 e. The molecule has 2 amide bonds. The van der Waals surface area contributed by atoms with Crippen molar-refractivity contribution in [3.63, 3.8) is 0 Å². The maximum atomic E-state index is 13.2. The molecule has 0 radical (unpaired) electrons. The van der Waals surface area contributed by atoms with Gasteiger partial charge in [0, 0.05) is 22.6 Å². The molecule has 1 aliphatic carbocycles. The number of hydrogen-bond acceptors (Lipinski definition) is 3. The highest BCUT2D eigenvalue weighted by molar-refractivity contribution is 6.32. The summed E-state index contributed by atoms with van der Waals surface area (Å²) in [5.41, 5.74) is 2.54. The molecule has 0 spiro atoms. The lowest BCUT2D eigenvalue weighted by molar-refractivity contribution is -0.142. The smallest absolute Gasteiger partial charge is 0.261 e. The number of carbonyl (C=O) groups excluding carboxylic acids is 2. The molecule has 2 aromatic rings. The summed E-state index contributed by atoms with van der Waals surface area (Å²) in [5, 5.41) is 4.32. The van der Waals surface area contributed by atoms with Crippen molar-refractivity contribution in [1.82, 2.24) is 10.2 Å². The van der Waals surface area contributed by atoms with E-state index < -0.39 is 6.04 Å². The first-order chi connectivity index (χ1) is 15.3. The van der Waals surface area contributed by atoms with Crippen molar-refractivity contribution in [3.05, 3.63) is 63.1 Å². The highest BCUT2D eigenvalue weighted by atomic mass is 35.5. The van der Waals surface area contributed by atoms with Gasteiger partial charge in [-0.25, -0.2) is 0 Å². The van der Waals surface area contributed by atoms with Crippen molar-refractivity contribution in [2.75, 3.05) is 6.61 Å². The number of rotatable bonds is 8. The molecule has 0 heterocycles. The Labute approximate surface area is 200 Å². The molecule has 2 aromatic carbocycles. The highest BCUT2D eigenvalue weighted by Gasteiger charge is 2.29. The first-order valence-corrected chi connectivity index (χ1v) is 11.7. The Kier molecular flexibility index (Phi) is 8.44. The molecule has 0 saturated heterocycles. The molecular formula is C25H30Cl2N2O3. The van der Waals surface area contributed by atoms with Crippen LogP contribution in [-0.2, 0) is 16.1 Å². The number of hydrogen-bond donors (Lipinski definition) is 1. The van der Waals surface area contributed by atoms with Crippen LogP contribution in [-0.4, -0.2) is 35.4 Å². The van der Waals surface area contributed by atoms with Gasteiger partial charge in [0.2, 0.25) is 5.91 Å². The standard InChI is InChI=1S/C25H30Cl2N2O3/c1-16-12-21(13-17(2)24(16)27)32-15-23(30)29(14-19-8-4-7-11-22(19)26)18(3)25(31)28-20-9-5-6-10-20/h4,7-8,11-13,18,20H,5-6,9-10,14-15H2,1-3H3,(H,28,31)/t18-/m1/s1. The molecule has 1 fully saturated rings. The average molecular weight is 477 g/mol. The van der Waals surface area contributed by atoms with E-state index in [4.69, 9.17) is 27.9 Å². The lowest BCUT2D eigenvalue weighted by Gasteiger charge is -2.30. The molecule has 1 N–H and O–H groups in total. The predicted octanol–water partition coefficient (Wildman–Crippen LogP) is 5.47. The van der Waals surface area contributed by atoms with Gasteiger partial charge in [0.25, 0.3) is 5.91 Å². The van der Waals surface area contributed by atoms with Crippen LogP contribution in [0.25, 0.3) is 0 Å². The minimum Gasteiger partial charge on any atom is -0.484 e. The number of nitrogens with one attached hydrogen (secondary N) is 1. The van der Waals surface area contributed by atoms with Gasteiger partial charge in [-0.05, 0) is 68.5 Å². The van der Waals surface area contributed by atoms with Crippen LogP contribution in [0.15, 0.2) is 36.4 Å². The van der Waals surface area contributed by atoms with E-state index >= 15 is 0 Å². The topological polar surface area (TPSA) is 58.6 Å².